The number of amides is 2. The summed E-state index contributed by atoms with van der Waals surface area (Å²) < 4.78 is 44.1. The van der Waals surface area contributed by atoms with Crippen LogP contribution in [-0.4, -0.2) is 67.3 Å². The van der Waals surface area contributed by atoms with E-state index in [2.05, 4.69) is 10.4 Å². The second-order valence-corrected chi connectivity index (χ2v) is 8.24. The molecule has 10 nitrogen and oxygen atoms in total. The SMILES string of the molecule is CC(=O)OCC1=C(C(=O)O)N2C(=O)[C@H](NC(=O)CCn3nc(C(F)(F)F)cc3C)[C@H]2SC1. The highest BCUT2D eigenvalue weighted by Crippen LogP contribution is 2.40. The number of halogens is 3. The average molecular weight is 476 g/mol. The Morgan fingerprint density at radius 1 is 1.38 bits per heavy atom. The highest BCUT2D eigenvalue weighted by molar-refractivity contribution is 8.00. The van der Waals surface area contributed by atoms with Gasteiger partial charge in [-0.1, -0.05) is 0 Å². The average Bonchev–Trinajstić information content (AvgIpc) is 3.08. The van der Waals surface area contributed by atoms with Crippen molar-refractivity contribution in [2.24, 2.45) is 0 Å². The molecule has 2 N–H and O–H groups in total. The number of alkyl halides is 3. The summed E-state index contributed by atoms with van der Waals surface area (Å²) >= 11 is 1.21. The van der Waals surface area contributed by atoms with E-state index >= 15 is 0 Å². The molecule has 1 aromatic heterocycles. The smallest absolute Gasteiger partial charge is 0.435 e. The Morgan fingerprint density at radius 3 is 2.62 bits per heavy atom. The van der Waals surface area contributed by atoms with Crippen molar-refractivity contribution in [3.8, 4) is 0 Å². The van der Waals surface area contributed by atoms with Gasteiger partial charge in [0.05, 0.1) is 0 Å². The molecule has 0 unspecified atom stereocenters. The molecular weight excluding hydrogens is 457 g/mol. The minimum absolute atomic E-state index is 0.122. The quantitative estimate of drug-likeness (QED) is 0.439. The third-order valence-electron chi connectivity index (χ3n) is 4.84. The van der Waals surface area contributed by atoms with Crippen molar-refractivity contribution in [3.63, 3.8) is 0 Å². The van der Waals surface area contributed by atoms with Gasteiger partial charge in [-0.3, -0.25) is 24.0 Å². The van der Waals surface area contributed by atoms with E-state index in [1.54, 1.807) is 0 Å². The molecule has 0 bridgehead atoms. The predicted octanol–water partition coefficient (Wildman–Crippen LogP) is 0.902. The van der Waals surface area contributed by atoms with Gasteiger partial charge < -0.3 is 15.2 Å². The van der Waals surface area contributed by atoms with Gasteiger partial charge in [-0.15, -0.1) is 11.8 Å². The normalized spacial score (nSPS) is 20.5. The summed E-state index contributed by atoms with van der Waals surface area (Å²) in [5.41, 5.74) is -0.842. The van der Waals surface area contributed by atoms with Crippen molar-refractivity contribution < 1.29 is 42.2 Å². The van der Waals surface area contributed by atoms with Crippen LogP contribution in [0.2, 0.25) is 0 Å². The zero-order chi connectivity index (χ0) is 23.8. The number of esters is 1. The summed E-state index contributed by atoms with van der Waals surface area (Å²) in [6, 6.07) is -0.0987. The van der Waals surface area contributed by atoms with Gasteiger partial charge in [0, 0.05) is 36.9 Å². The Bertz CT molecular complexity index is 1010. The molecule has 0 saturated carbocycles. The lowest BCUT2D eigenvalue weighted by Crippen LogP contribution is -2.70. The Kier molecular flexibility index (Phi) is 6.53. The van der Waals surface area contributed by atoms with Gasteiger partial charge in [0.1, 0.15) is 23.7 Å². The molecule has 2 amide bonds. The number of nitrogens with one attached hydrogen (secondary N) is 1. The standard InChI is InChI=1S/C18H19F3N4O6S/c1-8-5-11(18(19,20)21)23-24(8)4-3-12(27)22-13-15(28)25-14(17(29)30)10(6-31-9(2)26)7-32-16(13)25/h5,13,16H,3-4,6-7H2,1-2H3,(H,22,27)(H,29,30)/t13-,16+/m0/s1. The van der Waals surface area contributed by atoms with Gasteiger partial charge in [-0.25, -0.2) is 4.79 Å². The maximum absolute atomic E-state index is 12.7. The Hall–Kier alpha value is -3.03. The van der Waals surface area contributed by atoms with Crippen LogP contribution in [-0.2, 0) is 36.6 Å². The zero-order valence-corrected chi connectivity index (χ0v) is 17.7. The first kappa shape index (κ1) is 23.6. The Morgan fingerprint density at radius 2 is 2.06 bits per heavy atom. The van der Waals surface area contributed by atoms with E-state index in [4.69, 9.17) is 4.74 Å². The number of carboxylic acid groups (broad SMARTS) is 1. The van der Waals surface area contributed by atoms with Crippen molar-refractivity contribution in [1.82, 2.24) is 20.0 Å². The number of ether oxygens (including phenoxy) is 1. The van der Waals surface area contributed by atoms with E-state index in [-0.39, 0.29) is 42.3 Å². The first-order valence-corrected chi connectivity index (χ1v) is 10.4. The van der Waals surface area contributed by atoms with Crippen molar-refractivity contribution in [2.45, 2.75) is 44.4 Å². The number of carboxylic acids is 1. The number of hydrogen-bond donors (Lipinski definition) is 2. The molecule has 2 aliphatic heterocycles. The van der Waals surface area contributed by atoms with E-state index in [9.17, 15) is 37.5 Å². The lowest BCUT2D eigenvalue weighted by molar-refractivity contribution is -0.151. The van der Waals surface area contributed by atoms with Gasteiger partial charge in [0.25, 0.3) is 5.91 Å². The molecule has 0 radical (unpaired) electrons. The van der Waals surface area contributed by atoms with Gasteiger partial charge in [-0.05, 0) is 13.0 Å². The lowest BCUT2D eigenvalue weighted by Gasteiger charge is -2.49. The number of aromatic nitrogens is 2. The number of rotatable bonds is 7. The maximum Gasteiger partial charge on any atom is 0.435 e. The zero-order valence-electron chi connectivity index (χ0n) is 16.9. The van der Waals surface area contributed by atoms with Crippen LogP contribution in [0.25, 0.3) is 0 Å². The van der Waals surface area contributed by atoms with Crippen molar-refractivity contribution >= 4 is 35.5 Å². The largest absolute Gasteiger partial charge is 0.477 e. The summed E-state index contributed by atoms with van der Waals surface area (Å²) in [4.78, 5) is 48.5. The lowest BCUT2D eigenvalue weighted by atomic mass is 10.0. The molecule has 2 atom stereocenters. The molecule has 1 aromatic rings. The van der Waals surface area contributed by atoms with Crippen LogP contribution >= 0.6 is 11.8 Å². The van der Waals surface area contributed by atoms with Crippen molar-refractivity contribution in [3.05, 3.63) is 28.7 Å². The molecule has 1 fully saturated rings. The molecule has 1 saturated heterocycles. The second kappa shape index (κ2) is 8.84. The van der Waals surface area contributed by atoms with E-state index < -0.39 is 47.0 Å². The number of fused-ring (bicyclic) bond motifs is 1. The van der Waals surface area contributed by atoms with Crippen LogP contribution in [0.5, 0.6) is 0 Å². The molecule has 3 heterocycles. The summed E-state index contributed by atoms with van der Waals surface area (Å²) in [6.45, 7) is 2.22. The Balaban J connectivity index is 1.61. The molecule has 2 aliphatic rings. The molecule has 174 valence electrons. The van der Waals surface area contributed by atoms with Crippen LogP contribution in [0.4, 0.5) is 13.2 Å². The van der Waals surface area contributed by atoms with Gasteiger partial charge >= 0.3 is 18.1 Å². The van der Waals surface area contributed by atoms with Crippen LogP contribution in [0.3, 0.4) is 0 Å². The fraction of sp³-hybridized carbons (Fsp3) is 0.500. The van der Waals surface area contributed by atoms with E-state index in [1.165, 1.54) is 25.6 Å². The number of hydrogen-bond acceptors (Lipinski definition) is 7. The van der Waals surface area contributed by atoms with Gasteiger partial charge in [0.2, 0.25) is 5.91 Å². The monoisotopic (exact) mass is 476 g/mol. The third-order valence-corrected chi connectivity index (χ3v) is 6.18. The molecule has 0 aliphatic carbocycles. The summed E-state index contributed by atoms with van der Waals surface area (Å²) in [6.07, 6.45) is -4.82. The second-order valence-electron chi connectivity index (χ2n) is 7.13. The topological polar surface area (TPSA) is 131 Å². The molecule has 0 spiro atoms. The van der Waals surface area contributed by atoms with E-state index in [0.29, 0.717) is 0 Å². The highest BCUT2D eigenvalue weighted by Gasteiger charge is 2.54. The number of carbonyl (C=O) groups excluding carboxylic acids is 3. The number of aryl methyl sites for hydroxylation is 2. The van der Waals surface area contributed by atoms with E-state index in [1.807, 2.05) is 0 Å². The number of β-lactam (4-membered cyclic amide) rings is 1. The molecule has 32 heavy (non-hydrogen) atoms. The number of carbonyl (C=O) groups is 4. The van der Waals surface area contributed by atoms with Gasteiger partial charge in [-0.2, -0.15) is 18.3 Å². The minimum atomic E-state index is -4.60. The van der Waals surface area contributed by atoms with Crippen molar-refractivity contribution in [2.75, 3.05) is 12.4 Å². The van der Waals surface area contributed by atoms with Crippen molar-refractivity contribution in [1.29, 1.82) is 0 Å². The minimum Gasteiger partial charge on any atom is -0.477 e. The molecule has 0 aromatic carbocycles. The van der Waals surface area contributed by atoms with Crippen LogP contribution in [0, 0.1) is 6.92 Å². The summed E-state index contributed by atoms with van der Waals surface area (Å²) in [7, 11) is 0. The van der Waals surface area contributed by atoms with Crippen LogP contribution < -0.4 is 5.32 Å². The van der Waals surface area contributed by atoms with Crippen LogP contribution in [0.1, 0.15) is 24.7 Å². The summed E-state index contributed by atoms with van der Waals surface area (Å²) in [5, 5.41) is 14.8. The summed E-state index contributed by atoms with van der Waals surface area (Å²) in [5.74, 6) is -2.99. The first-order valence-electron chi connectivity index (χ1n) is 9.34. The fourth-order valence-electron chi connectivity index (χ4n) is 3.31. The van der Waals surface area contributed by atoms with Crippen LogP contribution in [0.15, 0.2) is 17.3 Å². The third kappa shape index (κ3) is 4.74. The molecule has 14 heteroatoms. The molecular formula is C18H19F3N4O6S. The number of nitrogens with zero attached hydrogens (tertiary/aromatic N) is 3. The maximum atomic E-state index is 12.7. The highest BCUT2D eigenvalue weighted by atomic mass is 32.2. The Labute approximate surface area is 183 Å². The first-order chi connectivity index (χ1) is 14.9. The van der Waals surface area contributed by atoms with Gasteiger partial charge in [0.15, 0.2) is 5.69 Å². The number of thioether (sulfide) groups is 1. The predicted molar refractivity (Wildman–Crippen MR) is 103 cm³/mol. The fourth-order valence-corrected chi connectivity index (χ4v) is 4.64. The van der Waals surface area contributed by atoms with E-state index in [0.717, 1.165) is 15.6 Å². The number of aliphatic carboxylic acids is 1. The molecule has 3 rings (SSSR count).